The first-order valence-corrected chi connectivity index (χ1v) is 7.71. The summed E-state index contributed by atoms with van der Waals surface area (Å²) in [5.41, 5.74) is 3.22. The van der Waals surface area contributed by atoms with E-state index in [-0.39, 0.29) is 17.9 Å². The minimum absolute atomic E-state index is 0.0292. The van der Waals surface area contributed by atoms with Crippen LogP contribution >= 0.6 is 0 Å². The molecule has 23 heavy (non-hydrogen) atoms. The highest BCUT2D eigenvalue weighted by molar-refractivity contribution is 5.91. The van der Waals surface area contributed by atoms with Crippen LogP contribution in [0.1, 0.15) is 37.6 Å². The fourth-order valence-corrected chi connectivity index (χ4v) is 2.08. The first-order chi connectivity index (χ1) is 10.7. The molecule has 1 aromatic heterocycles. The second kappa shape index (κ2) is 6.44. The van der Waals surface area contributed by atoms with Crippen LogP contribution in [0.5, 0.6) is 5.75 Å². The molecule has 2 rings (SSSR count). The van der Waals surface area contributed by atoms with Crippen molar-refractivity contribution in [1.29, 1.82) is 0 Å². The molecule has 0 radical (unpaired) electrons. The molecule has 0 unspecified atom stereocenters. The number of benzene rings is 1. The Hall–Kier alpha value is -2.30. The highest BCUT2D eigenvalue weighted by Gasteiger charge is 2.19. The molecule has 0 atom stereocenters. The van der Waals surface area contributed by atoms with Gasteiger partial charge in [-0.25, -0.2) is 0 Å². The van der Waals surface area contributed by atoms with E-state index < -0.39 is 0 Å². The molecule has 0 aliphatic carbocycles. The van der Waals surface area contributed by atoms with Crippen LogP contribution in [0.15, 0.2) is 24.3 Å². The highest BCUT2D eigenvalue weighted by Crippen LogP contribution is 2.23. The predicted octanol–water partition coefficient (Wildman–Crippen LogP) is 3.35. The standard InChI is InChI=1S/C18H25N3O2/c1-12-7-8-14(9-13(12)2)23-11-17(22)19-16-10-15(18(3,4)5)20-21(16)6/h7-10H,11H2,1-6H3,(H,19,22). The number of nitrogens with one attached hydrogen (secondary N) is 1. The van der Waals surface area contributed by atoms with Gasteiger partial charge < -0.3 is 10.1 Å². The lowest BCUT2D eigenvalue weighted by atomic mass is 9.92. The van der Waals surface area contributed by atoms with Gasteiger partial charge in [0, 0.05) is 18.5 Å². The van der Waals surface area contributed by atoms with Crippen molar-refractivity contribution in [2.75, 3.05) is 11.9 Å². The maximum Gasteiger partial charge on any atom is 0.263 e. The van der Waals surface area contributed by atoms with Crippen LogP contribution in [0.4, 0.5) is 5.82 Å². The summed E-state index contributed by atoms with van der Waals surface area (Å²) in [6, 6.07) is 7.69. The number of aromatic nitrogens is 2. The maximum atomic E-state index is 12.1. The molecule has 1 amide bonds. The molecule has 0 saturated heterocycles. The van der Waals surface area contributed by atoms with Crippen molar-refractivity contribution in [3.05, 3.63) is 41.1 Å². The quantitative estimate of drug-likeness (QED) is 0.941. The van der Waals surface area contributed by atoms with E-state index in [9.17, 15) is 4.79 Å². The van der Waals surface area contributed by atoms with Gasteiger partial charge in [0.2, 0.25) is 0 Å². The molecule has 1 aromatic carbocycles. The zero-order chi connectivity index (χ0) is 17.2. The SMILES string of the molecule is Cc1ccc(OCC(=O)Nc2cc(C(C)(C)C)nn2C)cc1C. The summed E-state index contributed by atoms with van der Waals surface area (Å²) in [5, 5.41) is 7.27. The molecular weight excluding hydrogens is 290 g/mol. The van der Waals surface area contributed by atoms with Crippen molar-refractivity contribution in [3.8, 4) is 5.75 Å². The maximum absolute atomic E-state index is 12.1. The van der Waals surface area contributed by atoms with E-state index >= 15 is 0 Å². The number of amides is 1. The van der Waals surface area contributed by atoms with Gasteiger partial charge in [-0.2, -0.15) is 5.10 Å². The van der Waals surface area contributed by atoms with E-state index in [1.165, 1.54) is 5.56 Å². The van der Waals surface area contributed by atoms with Gasteiger partial charge in [0.15, 0.2) is 6.61 Å². The van der Waals surface area contributed by atoms with Gasteiger partial charge in [0.05, 0.1) is 5.69 Å². The topological polar surface area (TPSA) is 56.1 Å². The number of hydrogen-bond donors (Lipinski definition) is 1. The molecule has 0 aliphatic rings. The van der Waals surface area contributed by atoms with E-state index in [1.54, 1.807) is 4.68 Å². The van der Waals surface area contributed by atoms with Gasteiger partial charge in [-0.1, -0.05) is 26.8 Å². The summed E-state index contributed by atoms with van der Waals surface area (Å²) in [6.45, 7) is 10.3. The lowest BCUT2D eigenvalue weighted by molar-refractivity contribution is -0.118. The highest BCUT2D eigenvalue weighted by atomic mass is 16.5. The molecule has 0 spiro atoms. The van der Waals surface area contributed by atoms with E-state index in [4.69, 9.17) is 4.74 Å². The monoisotopic (exact) mass is 315 g/mol. The van der Waals surface area contributed by atoms with Crippen LogP contribution in [0.3, 0.4) is 0 Å². The molecule has 0 bridgehead atoms. The zero-order valence-electron chi connectivity index (χ0n) is 14.7. The Morgan fingerprint density at radius 1 is 1.22 bits per heavy atom. The Balaban J connectivity index is 1.97. The molecule has 0 aliphatic heterocycles. The first-order valence-electron chi connectivity index (χ1n) is 7.71. The van der Waals surface area contributed by atoms with Crippen LogP contribution in [-0.2, 0) is 17.3 Å². The minimum Gasteiger partial charge on any atom is -0.484 e. The van der Waals surface area contributed by atoms with Gasteiger partial charge >= 0.3 is 0 Å². The van der Waals surface area contributed by atoms with Crippen LogP contribution in [0.2, 0.25) is 0 Å². The van der Waals surface area contributed by atoms with Gasteiger partial charge in [0.25, 0.3) is 5.91 Å². The summed E-state index contributed by atoms with van der Waals surface area (Å²) in [4.78, 5) is 12.1. The first kappa shape index (κ1) is 17.1. The van der Waals surface area contributed by atoms with Crippen LogP contribution in [0.25, 0.3) is 0 Å². The predicted molar refractivity (Wildman–Crippen MR) is 91.9 cm³/mol. The lowest BCUT2D eigenvalue weighted by Gasteiger charge is -2.13. The van der Waals surface area contributed by atoms with Gasteiger partial charge in [-0.3, -0.25) is 9.48 Å². The summed E-state index contributed by atoms with van der Waals surface area (Å²) < 4.78 is 7.22. The van der Waals surface area contributed by atoms with Crippen molar-refractivity contribution in [3.63, 3.8) is 0 Å². The fraction of sp³-hybridized carbons (Fsp3) is 0.444. The number of carbonyl (C=O) groups is 1. The van der Waals surface area contributed by atoms with E-state index in [0.29, 0.717) is 11.6 Å². The van der Waals surface area contributed by atoms with Gasteiger partial charge in [-0.05, 0) is 37.1 Å². The number of ether oxygens (including phenoxy) is 1. The van der Waals surface area contributed by atoms with Crippen LogP contribution in [-0.4, -0.2) is 22.3 Å². The third-order valence-electron chi connectivity index (χ3n) is 3.76. The van der Waals surface area contributed by atoms with Gasteiger partial charge in [-0.15, -0.1) is 0 Å². The Morgan fingerprint density at radius 3 is 2.48 bits per heavy atom. The Morgan fingerprint density at radius 2 is 1.91 bits per heavy atom. The minimum atomic E-state index is -0.202. The third-order valence-corrected chi connectivity index (χ3v) is 3.76. The van der Waals surface area contributed by atoms with Crippen LogP contribution in [0, 0.1) is 13.8 Å². The Bertz CT molecular complexity index is 712. The molecule has 5 nitrogen and oxygen atoms in total. The number of nitrogens with zero attached hydrogens (tertiary/aromatic N) is 2. The van der Waals surface area contributed by atoms with Crippen molar-refractivity contribution in [2.45, 2.75) is 40.0 Å². The number of aryl methyl sites for hydroxylation is 3. The molecule has 2 aromatic rings. The number of anilines is 1. The molecule has 0 fully saturated rings. The summed E-state index contributed by atoms with van der Waals surface area (Å²) in [6.07, 6.45) is 0. The molecule has 1 heterocycles. The number of hydrogen-bond acceptors (Lipinski definition) is 3. The average molecular weight is 315 g/mol. The average Bonchev–Trinajstić information content (AvgIpc) is 2.81. The van der Waals surface area contributed by atoms with E-state index in [0.717, 1.165) is 11.3 Å². The lowest BCUT2D eigenvalue weighted by Crippen LogP contribution is -2.21. The number of carbonyl (C=O) groups excluding carboxylic acids is 1. The van der Waals surface area contributed by atoms with E-state index in [2.05, 4.69) is 31.2 Å². The normalized spacial score (nSPS) is 11.4. The molecule has 5 heteroatoms. The molecule has 1 N–H and O–H groups in total. The van der Waals surface area contributed by atoms with Crippen LogP contribution < -0.4 is 10.1 Å². The molecular formula is C18H25N3O2. The third kappa shape index (κ3) is 4.34. The zero-order valence-corrected chi connectivity index (χ0v) is 14.7. The largest absolute Gasteiger partial charge is 0.484 e. The van der Waals surface area contributed by atoms with Crippen molar-refractivity contribution < 1.29 is 9.53 Å². The van der Waals surface area contributed by atoms with Crippen molar-refractivity contribution >= 4 is 11.7 Å². The van der Waals surface area contributed by atoms with E-state index in [1.807, 2.05) is 45.2 Å². The molecule has 124 valence electrons. The fourth-order valence-electron chi connectivity index (χ4n) is 2.08. The van der Waals surface area contributed by atoms with Gasteiger partial charge in [0.1, 0.15) is 11.6 Å². The Labute approximate surface area is 137 Å². The van der Waals surface area contributed by atoms with Crippen molar-refractivity contribution in [1.82, 2.24) is 9.78 Å². The Kier molecular flexibility index (Phi) is 4.78. The second-order valence-corrected chi connectivity index (χ2v) is 6.87. The number of rotatable bonds is 4. The second-order valence-electron chi connectivity index (χ2n) is 6.87. The smallest absolute Gasteiger partial charge is 0.263 e. The summed E-state index contributed by atoms with van der Waals surface area (Å²) >= 11 is 0. The van der Waals surface area contributed by atoms with Crippen molar-refractivity contribution in [2.24, 2.45) is 7.05 Å². The summed E-state index contributed by atoms with van der Waals surface area (Å²) in [5.74, 6) is 1.17. The molecule has 0 saturated carbocycles. The summed E-state index contributed by atoms with van der Waals surface area (Å²) in [7, 11) is 1.81.